The van der Waals surface area contributed by atoms with Crippen LogP contribution in [-0.2, 0) is 17.3 Å². The van der Waals surface area contributed by atoms with E-state index in [1.54, 1.807) is 6.20 Å². The molecule has 1 saturated carbocycles. The molecule has 3 rings (SSSR count). The summed E-state index contributed by atoms with van der Waals surface area (Å²) in [5.74, 6) is 1.19. The summed E-state index contributed by atoms with van der Waals surface area (Å²) in [4.78, 5) is 16.7. The quantitative estimate of drug-likeness (QED) is 0.941. The van der Waals surface area contributed by atoms with E-state index in [0.717, 1.165) is 24.2 Å². The lowest BCUT2D eigenvalue weighted by molar-refractivity contribution is -0.122. The normalized spacial score (nSPS) is 16.2. The fraction of sp³-hybridized carbons (Fsp3) is 0.474. The molecule has 4 nitrogen and oxygen atoms in total. The Bertz CT molecular complexity index is 690. The predicted molar refractivity (Wildman–Crippen MR) is 91.1 cm³/mol. The number of rotatable bonds is 4. The monoisotopic (exact) mass is 311 g/mol. The number of aromatic nitrogens is 2. The Morgan fingerprint density at radius 1 is 1.26 bits per heavy atom. The molecule has 1 aromatic carbocycles. The van der Waals surface area contributed by atoms with Crippen LogP contribution >= 0.6 is 0 Å². The summed E-state index contributed by atoms with van der Waals surface area (Å²) in [6.07, 6.45) is 5.69. The molecular formula is C19H25N3O. The molecule has 1 aliphatic rings. The lowest BCUT2D eigenvalue weighted by atomic mass is 9.86. The molecule has 122 valence electrons. The number of carbonyl (C=O) groups is 1. The summed E-state index contributed by atoms with van der Waals surface area (Å²) in [7, 11) is 1.96. The molecule has 2 aromatic rings. The van der Waals surface area contributed by atoms with Gasteiger partial charge in [0, 0.05) is 25.4 Å². The molecule has 1 aliphatic carbocycles. The number of imidazole rings is 1. The van der Waals surface area contributed by atoms with Crippen LogP contribution in [0.25, 0.3) is 0 Å². The molecule has 1 heterocycles. The molecule has 0 spiro atoms. The van der Waals surface area contributed by atoms with Crippen LogP contribution in [0.5, 0.6) is 0 Å². The second-order valence-electron chi connectivity index (χ2n) is 7.48. The maximum atomic E-state index is 12.3. The van der Waals surface area contributed by atoms with E-state index in [1.165, 1.54) is 5.56 Å². The van der Waals surface area contributed by atoms with Gasteiger partial charge in [-0.05, 0) is 29.4 Å². The SMILES string of the molecule is Cn1ccnc1C(NC(=O)C1CC1)c1ccc(C(C)(C)C)cc1. The lowest BCUT2D eigenvalue weighted by Crippen LogP contribution is -2.32. The van der Waals surface area contributed by atoms with Crippen molar-refractivity contribution < 1.29 is 4.79 Å². The summed E-state index contributed by atoms with van der Waals surface area (Å²) in [6.45, 7) is 6.60. The minimum absolute atomic E-state index is 0.120. The number of nitrogens with one attached hydrogen (secondary N) is 1. The maximum Gasteiger partial charge on any atom is 0.223 e. The lowest BCUT2D eigenvalue weighted by Gasteiger charge is -2.22. The second kappa shape index (κ2) is 5.84. The second-order valence-corrected chi connectivity index (χ2v) is 7.48. The van der Waals surface area contributed by atoms with Gasteiger partial charge in [-0.15, -0.1) is 0 Å². The minimum atomic E-state index is -0.197. The van der Waals surface area contributed by atoms with Gasteiger partial charge < -0.3 is 9.88 Å². The van der Waals surface area contributed by atoms with Crippen molar-refractivity contribution in [2.24, 2.45) is 13.0 Å². The first-order chi connectivity index (χ1) is 10.9. The number of nitrogens with zero attached hydrogens (tertiary/aromatic N) is 2. The Morgan fingerprint density at radius 3 is 2.39 bits per heavy atom. The van der Waals surface area contributed by atoms with Crippen LogP contribution in [0.4, 0.5) is 0 Å². The van der Waals surface area contributed by atoms with Crippen molar-refractivity contribution in [3.8, 4) is 0 Å². The summed E-state index contributed by atoms with van der Waals surface area (Å²) >= 11 is 0. The van der Waals surface area contributed by atoms with Crippen molar-refractivity contribution >= 4 is 5.91 Å². The predicted octanol–water partition coefficient (Wildman–Crippen LogP) is 3.33. The first-order valence-corrected chi connectivity index (χ1v) is 8.24. The molecular weight excluding hydrogens is 286 g/mol. The number of hydrogen-bond acceptors (Lipinski definition) is 2. The largest absolute Gasteiger partial charge is 0.342 e. The van der Waals surface area contributed by atoms with E-state index in [2.05, 4.69) is 55.3 Å². The summed E-state index contributed by atoms with van der Waals surface area (Å²) in [5.41, 5.74) is 2.48. The molecule has 23 heavy (non-hydrogen) atoms. The molecule has 4 heteroatoms. The van der Waals surface area contributed by atoms with Gasteiger partial charge in [-0.2, -0.15) is 0 Å². The molecule has 1 aromatic heterocycles. The van der Waals surface area contributed by atoms with Crippen LogP contribution in [0, 0.1) is 5.92 Å². The molecule has 0 radical (unpaired) electrons. The molecule has 1 fully saturated rings. The Labute approximate surface area is 137 Å². The smallest absolute Gasteiger partial charge is 0.223 e. The third-order valence-corrected chi connectivity index (χ3v) is 4.46. The number of benzene rings is 1. The van der Waals surface area contributed by atoms with Crippen LogP contribution in [0.15, 0.2) is 36.7 Å². The van der Waals surface area contributed by atoms with Gasteiger partial charge in [0.1, 0.15) is 11.9 Å². The highest BCUT2D eigenvalue weighted by atomic mass is 16.2. The minimum Gasteiger partial charge on any atom is -0.342 e. The van der Waals surface area contributed by atoms with E-state index in [1.807, 2.05) is 17.8 Å². The zero-order valence-electron chi connectivity index (χ0n) is 14.3. The van der Waals surface area contributed by atoms with E-state index in [0.29, 0.717) is 0 Å². The Balaban J connectivity index is 1.91. The van der Waals surface area contributed by atoms with Crippen molar-refractivity contribution in [1.29, 1.82) is 0 Å². The average molecular weight is 311 g/mol. The summed E-state index contributed by atoms with van der Waals surface area (Å²) < 4.78 is 1.97. The Hall–Kier alpha value is -2.10. The van der Waals surface area contributed by atoms with Gasteiger partial charge in [0.2, 0.25) is 5.91 Å². The van der Waals surface area contributed by atoms with Crippen LogP contribution in [0.2, 0.25) is 0 Å². The maximum absolute atomic E-state index is 12.3. The van der Waals surface area contributed by atoms with Gasteiger partial charge in [-0.3, -0.25) is 4.79 Å². The number of aryl methyl sites for hydroxylation is 1. The fourth-order valence-corrected chi connectivity index (χ4v) is 2.73. The highest BCUT2D eigenvalue weighted by Gasteiger charge is 2.32. The number of carbonyl (C=O) groups excluding carboxylic acids is 1. The Kier molecular flexibility index (Phi) is 4.00. The van der Waals surface area contributed by atoms with Crippen LogP contribution < -0.4 is 5.32 Å². The third-order valence-electron chi connectivity index (χ3n) is 4.46. The number of hydrogen-bond donors (Lipinski definition) is 1. The van der Waals surface area contributed by atoms with E-state index in [4.69, 9.17) is 0 Å². The first kappa shape index (κ1) is 15.8. The van der Waals surface area contributed by atoms with Crippen molar-refractivity contribution in [3.05, 3.63) is 53.6 Å². The van der Waals surface area contributed by atoms with Gasteiger partial charge in [-0.25, -0.2) is 4.98 Å². The third kappa shape index (κ3) is 3.46. The summed E-state index contributed by atoms with van der Waals surface area (Å²) in [5, 5.41) is 3.17. The van der Waals surface area contributed by atoms with Crippen LogP contribution in [0.1, 0.15) is 56.6 Å². The van der Waals surface area contributed by atoms with E-state index in [-0.39, 0.29) is 23.3 Å². The highest BCUT2D eigenvalue weighted by Crippen LogP contribution is 2.31. The molecule has 1 N–H and O–H groups in total. The zero-order chi connectivity index (χ0) is 16.6. The van der Waals surface area contributed by atoms with Gasteiger partial charge in [-0.1, -0.05) is 45.0 Å². The average Bonchev–Trinajstić information content (AvgIpc) is 3.27. The summed E-state index contributed by atoms with van der Waals surface area (Å²) in [6, 6.07) is 8.31. The van der Waals surface area contributed by atoms with Crippen LogP contribution in [-0.4, -0.2) is 15.5 Å². The molecule has 1 unspecified atom stereocenters. The van der Waals surface area contributed by atoms with Gasteiger partial charge in [0.05, 0.1) is 0 Å². The molecule has 1 atom stereocenters. The zero-order valence-corrected chi connectivity index (χ0v) is 14.3. The van der Waals surface area contributed by atoms with E-state index >= 15 is 0 Å². The van der Waals surface area contributed by atoms with Crippen molar-refractivity contribution in [2.45, 2.75) is 45.1 Å². The van der Waals surface area contributed by atoms with E-state index < -0.39 is 0 Å². The van der Waals surface area contributed by atoms with Crippen molar-refractivity contribution in [2.75, 3.05) is 0 Å². The molecule has 1 amide bonds. The van der Waals surface area contributed by atoms with E-state index in [9.17, 15) is 4.79 Å². The molecule has 0 saturated heterocycles. The van der Waals surface area contributed by atoms with Crippen LogP contribution in [0.3, 0.4) is 0 Å². The van der Waals surface area contributed by atoms with Gasteiger partial charge in [0.25, 0.3) is 0 Å². The number of amides is 1. The first-order valence-electron chi connectivity index (χ1n) is 8.24. The van der Waals surface area contributed by atoms with Crippen molar-refractivity contribution in [3.63, 3.8) is 0 Å². The van der Waals surface area contributed by atoms with Crippen molar-refractivity contribution in [1.82, 2.24) is 14.9 Å². The Morgan fingerprint density at radius 2 is 1.91 bits per heavy atom. The standard InChI is InChI=1S/C19H25N3O/c1-19(2,3)15-9-7-13(8-10-15)16(17-20-11-12-22(17)4)21-18(23)14-5-6-14/h7-12,14,16H,5-6H2,1-4H3,(H,21,23). The van der Waals surface area contributed by atoms with Gasteiger partial charge >= 0.3 is 0 Å². The fourth-order valence-electron chi connectivity index (χ4n) is 2.73. The topological polar surface area (TPSA) is 46.9 Å². The molecule has 0 bridgehead atoms. The molecule has 0 aliphatic heterocycles. The highest BCUT2D eigenvalue weighted by molar-refractivity contribution is 5.81. The van der Waals surface area contributed by atoms with Gasteiger partial charge in [0.15, 0.2) is 0 Å².